The average Bonchev–Trinajstić information content (AvgIpc) is 2.32. The van der Waals surface area contributed by atoms with Gasteiger partial charge in [-0.15, -0.1) is 0 Å². The van der Waals surface area contributed by atoms with Gasteiger partial charge in [0.25, 0.3) is 0 Å². The zero-order valence-corrected chi connectivity index (χ0v) is 8.39. The van der Waals surface area contributed by atoms with Gasteiger partial charge in [-0.2, -0.15) is 0 Å². The summed E-state index contributed by atoms with van der Waals surface area (Å²) in [6.07, 6.45) is 3.02. The molecule has 0 aromatic rings. The molecule has 0 N–H and O–H groups in total. The monoisotopic (exact) mass is 170 g/mol. The highest BCUT2D eigenvalue weighted by atomic mass is 16.5. The van der Waals surface area contributed by atoms with Crippen molar-refractivity contribution in [2.24, 2.45) is 5.41 Å². The Balaban J connectivity index is 2.63. The minimum Gasteiger partial charge on any atom is -0.364 e. The Labute approximate surface area is 74.3 Å². The molecule has 1 rings (SSSR count). The number of carbonyl (C=O) groups is 1. The van der Waals surface area contributed by atoms with Crippen molar-refractivity contribution in [2.75, 3.05) is 0 Å². The van der Waals surface area contributed by atoms with Crippen LogP contribution in [0.5, 0.6) is 0 Å². The highest BCUT2D eigenvalue weighted by molar-refractivity contribution is 5.62. The Morgan fingerprint density at radius 3 is 2.33 bits per heavy atom. The van der Waals surface area contributed by atoms with Crippen LogP contribution in [0.3, 0.4) is 0 Å². The summed E-state index contributed by atoms with van der Waals surface area (Å²) in [6, 6.07) is 0. The summed E-state index contributed by atoms with van der Waals surface area (Å²) in [5, 5.41) is 0. The van der Waals surface area contributed by atoms with Crippen LogP contribution in [0, 0.1) is 5.41 Å². The van der Waals surface area contributed by atoms with Crippen LogP contribution in [0.25, 0.3) is 0 Å². The topological polar surface area (TPSA) is 26.3 Å². The summed E-state index contributed by atoms with van der Waals surface area (Å²) in [4.78, 5) is 10.7. The Morgan fingerprint density at radius 2 is 2.08 bits per heavy atom. The summed E-state index contributed by atoms with van der Waals surface area (Å²) >= 11 is 0. The smallest absolute Gasteiger partial charge is 0.151 e. The van der Waals surface area contributed by atoms with Crippen molar-refractivity contribution >= 4 is 6.29 Å². The van der Waals surface area contributed by atoms with Gasteiger partial charge in [-0.25, -0.2) is 0 Å². The molecule has 0 saturated carbocycles. The molecule has 12 heavy (non-hydrogen) atoms. The number of carbonyl (C=O) groups excluding carboxylic acids is 1. The molecule has 0 bridgehead atoms. The van der Waals surface area contributed by atoms with Gasteiger partial charge < -0.3 is 9.53 Å². The molecule has 1 aliphatic rings. The molecule has 70 valence electrons. The molecule has 0 amide bonds. The Kier molecular flexibility index (Phi) is 2.30. The first-order chi connectivity index (χ1) is 5.37. The number of hydrogen-bond acceptors (Lipinski definition) is 2. The molecule has 2 atom stereocenters. The summed E-state index contributed by atoms with van der Waals surface area (Å²) in [7, 11) is 0. The molecular formula is C10H18O2. The first-order valence-electron chi connectivity index (χ1n) is 4.51. The van der Waals surface area contributed by atoms with Crippen molar-refractivity contribution in [1.82, 2.24) is 0 Å². The van der Waals surface area contributed by atoms with Crippen LogP contribution >= 0.6 is 0 Å². The molecular weight excluding hydrogens is 152 g/mol. The van der Waals surface area contributed by atoms with Gasteiger partial charge in [0.2, 0.25) is 0 Å². The summed E-state index contributed by atoms with van der Waals surface area (Å²) < 4.78 is 5.69. The van der Waals surface area contributed by atoms with E-state index >= 15 is 0 Å². The van der Waals surface area contributed by atoms with Crippen molar-refractivity contribution in [3.8, 4) is 0 Å². The second kappa shape index (κ2) is 2.84. The van der Waals surface area contributed by atoms with Crippen LogP contribution in [0.4, 0.5) is 0 Å². The zero-order chi connectivity index (χ0) is 9.41. The number of ether oxygens (including phenoxy) is 1. The molecule has 1 heterocycles. The molecule has 0 aliphatic carbocycles. The van der Waals surface area contributed by atoms with Gasteiger partial charge in [-0.05, 0) is 25.2 Å². The highest BCUT2D eigenvalue weighted by Crippen LogP contribution is 2.37. The van der Waals surface area contributed by atoms with E-state index in [0.29, 0.717) is 0 Å². The van der Waals surface area contributed by atoms with Gasteiger partial charge in [0.15, 0.2) is 6.29 Å². The van der Waals surface area contributed by atoms with Gasteiger partial charge in [0.05, 0.1) is 6.10 Å². The fraction of sp³-hybridized carbons (Fsp3) is 0.900. The summed E-state index contributed by atoms with van der Waals surface area (Å²) in [5.74, 6) is 0. The zero-order valence-electron chi connectivity index (χ0n) is 8.39. The maximum absolute atomic E-state index is 10.7. The lowest BCUT2D eigenvalue weighted by Gasteiger charge is -2.28. The van der Waals surface area contributed by atoms with Gasteiger partial charge in [0.1, 0.15) is 5.60 Å². The second-order valence-corrected chi connectivity index (χ2v) is 4.94. The number of rotatable bonds is 1. The molecule has 1 saturated heterocycles. The number of aldehydes is 1. The van der Waals surface area contributed by atoms with Gasteiger partial charge in [-0.3, -0.25) is 0 Å². The molecule has 1 aliphatic heterocycles. The predicted octanol–water partition coefficient (Wildman–Crippen LogP) is 2.17. The predicted molar refractivity (Wildman–Crippen MR) is 48.0 cm³/mol. The second-order valence-electron chi connectivity index (χ2n) is 4.94. The standard InChI is InChI=1S/C10H18O2/c1-9(2,3)8-5-6-10(4,7-11)12-8/h7-8H,5-6H2,1-4H3. The molecule has 0 spiro atoms. The van der Waals surface area contributed by atoms with Crippen LogP contribution in [-0.4, -0.2) is 18.0 Å². The maximum atomic E-state index is 10.7. The first-order valence-corrected chi connectivity index (χ1v) is 4.51. The molecule has 1 fully saturated rings. The lowest BCUT2D eigenvalue weighted by molar-refractivity contribution is -0.132. The molecule has 0 aromatic heterocycles. The third-order valence-corrected chi connectivity index (χ3v) is 2.53. The van der Waals surface area contributed by atoms with Crippen LogP contribution in [0.1, 0.15) is 40.5 Å². The Bertz CT molecular complexity index is 181. The van der Waals surface area contributed by atoms with E-state index in [2.05, 4.69) is 20.8 Å². The third-order valence-electron chi connectivity index (χ3n) is 2.53. The van der Waals surface area contributed by atoms with Gasteiger partial charge in [-0.1, -0.05) is 20.8 Å². The minimum atomic E-state index is -0.516. The van der Waals surface area contributed by atoms with E-state index in [-0.39, 0.29) is 11.5 Å². The molecule has 0 radical (unpaired) electrons. The normalized spacial score (nSPS) is 36.8. The van der Waals surface area contributed by atoms with E-state index < -0.39 is 5.60 Å². The SMILES string of the molecule is CC1(C=O)CCC(C(C)(C)C)O1. The van der Waals surface area contributed by atoms with Crippen molar-refractivity contribution in [3.05, 3.63) is 0 Å². The van der Waals surface area contributed by atoms with E-state index in [1.807, 2.05) is 6.92 Å². The van der Waals surface area contributed by atoms with Crippen molar-refractivity contribution in [2.45, 2.75) is 52.2 Å². The quantitative estimate of drug-likeness (QED) is 0.564. The molecule has 0 aromatic carbocycles. The van der Waals surface area contributed by atoms with Crippen molar-refractivity contribution < 1.29 is 9.53 Å². The fourth-order valence-corrected chi connectivity index (χ4v) is 1.56. The third kappa shape index (κ3) is 1.86. The average molecular weight is 170 g/mol. The van der Waals surface area contributed by atoms with Crippen molar-refractivity contribution in [1.29, 1.82) is 0 Å². The number of hydrogen-bond donors (Lipinski definition) is 0. The van der Waals surface area contributed by atoms with E-state index in [0.717, 1.165) is 19.1 Å². The van der Waals surface area contributed by atoms with Crippen LogP contribution < -0.4 is 0 Å². The summed E-state index contributed by atoms with van der Waals surface area (Å²) in [5.41, 5.74) is -0.362. The van der Waals surface area contributed by atoms with E-state index in [4.69, 9.17) is 4.74 Å². The summed E-state index contributed by atoms with van der Waals surface area (Å²) in [6.45, 7) is 8.31. The lowest BCUT2D eigenvalue weighted by Crippen LogP contribution is -2.32. The maximum Gasteiger partial charge on any atom is 0.151 e. The lowest BCUT2D eigenvalue weighted by atomic mass is 9.87. The largest absolute Gasteiger partial charge is 0.364 e. The van der Waals surface area contributed by atoms with Crippen LogP contribution in [-0.2, 0) is 9.53 Å². The highest BCUT2D eigenvalue weighted by Gasteiger charge is 2.40. The van der Waals surface area contributed by atoms with Crippen LogP contribution in [0.2, 0.25) is 0 Å². The first kappa shape index (κ1) is 9.72. The van der Waals surface area contributed by atoms with Crippen LogP contribution in [0.15, 0.2) is 0 Å². The molecule has 2 nitrogen and oxygen atoms in total. The Morgan fingerprint density at radius 1 is 1.50 bits per heavy atom. The minimum absolute atomic E-state index is 0.154. The van der Waals surface area contributed by atoms with E-state index in [9.17, 15) is 4.79 Å². The molecule has 2 heteroatoms. The Hall–Kier alpha value is -0.370. The van der Waals surface area contributed by atoms with E-state index in [1.54, 1.807) is 0 Å². The van der Waals surface area contributed by atoms with Gasteiger partial charge in [0, 0.05) is 0 Å². The van der Waals surface area contributed by atoms with Gasteiger partial charge >= 0.3 is 0 Å². The molecule has 2 unspecified atom stereocenters. The van der Waals surface area contributed by atoms with E-state index in [1.165, 1.54) is 0 Å². The fourth-order valence-electron chi connectivity index (χ4n) is 1.56. The van der Waals surface area contributed by atoms with Crippen molar-refractivity contribution in [3.63, 3.8) is 0 Å².